The zero-order valence-corrected chi connectivity index (χ0v) is 10.9. The minimum atomic E-state index is 0.0803. The van der Waals surface area contributed by atoms with Gasteiger partial charge in [-0.25, -0.2) is 0 Å². The molecule has 3 nitrogen and oxygen atoms in total. The summed E-state index contributed by atoms with van der Waals surface area (Å²) in [5, 5.41) is 6.67. The molecular weight excluding hydrogens is 244 g/mol. The molecule has 4 rings (SSSR count). The molecule has 0 radical (unpaired) electrons. The average molecular weight is 260 g/mol. The van der Waals surface area contributed by atoms with Crippen LogP contribution in [0.3, 0.4) is 0 Å². The maximum Gasteiger partial charge on any atom is 0.234 e. The second-order valence-corrected chi connectivity index (χ2v) is 6.68. The van der Waals surface area contributed by atoms with Gasteiger partial charge in [0.15, 0.2) is 0 Å². The Balaban J connectivity index is 1.39. The van der Waals surface area contributed by atoms with Crippen molar-refractivity contribution in [1.82, 2.24) is 10.6 Å². The van der Waals surface area contributed by atoms with Crippen LogP contribution < -0.4 is 10.6 Å². The summed E-state index contributed by atoms with van der Waals surface area (Å²) in [5.41, 5.74) is 1.32. The number of thioether (sulfide) groups is 1. The Morgan fingerprint density at radius 1 is 1.28 bits per heavy atom. The molecule has 0 aromatic heterocycles. The average Bonchev–Trinajstić information content (AvgIpc) is 2.84. The quantitative estimate of drug-likeness (QED) is 0.835. The normalized spacial score (nSPS) is 36.0. The van der Waals surface area contributed by atoms with E-state index in [-0.39, 0.29) is 11.2 Å². The number of carbonyl (C=O) groups excluding carboxylic acids is 1. The van der Waals surface area contributed by atoms with Crippen molar-refractivity contribution in [1.29, 1.82) is 0 Å². The van der Waals surface area contributed by atoms with Gasteiger partial charge in [-0.2, -0.15) is 0 Å². The molecule has 2 fully saturated rings. The van der Waals surface area contributed by atoms with Crippen LogP contribution in [0.15, 0.2) is 29.2 Å². The van der Waals surface area contributed by atoms with E-state index in [0.717, 1.165) is 19.5 Å². The summed E-state index contributed by atoms with van der Waals surface area (Å²) in [7, 11) is 0. The van der Waals surface area contributed by atoms with Gasteiger partial charge in [-0.15, -0.1) is 11.8 Å². The van der Waals surface area contributed by atoms with Gasteiger partial charge in [-0.05, 0) is 29.9 Å². The fourth-order valence-electron chi connectivity index (χ4n) is 3.22. The first kappa shape index (κ1) is 10.9. The van der Waals surface area contributed by atoms with Crippen LogP contribution in [0, 0.1) is 11.8 Å². The molecule has 2 aliphatic heterocycles. The molecule has 3 unspecified atom stereocenters. The number of hydrogen-bond acceptors (Lipinski definition) is 3. The van der Waals surface area contributed by atoms with Crippen molar-refractivity contribution in [3.63, 3.8) is 0 Å². The highest BCUT2D eigenvalue weighted by Gasteiger charge is 2.54. The van der Waals surface area contributed by atoms with E-state index >= 15 is 0 Å². The Hall–Kier alpha value is -1.00. The lowest BCUT2D eigenvalue weighted by Crippen LogP contribution is -2.37. The Kier molecular flexibility index (Phi) is 2.42. The number of nitrogens with one attached hydrogen (secondary N) is 2. The molecule has 1 saturated carbocycles. The van der Waals surface area contributed by atoms with Crippen LogP contribution in [0.25, 0.3) is 0 Å². The highest BCUT2D eigenvalue weighted by Crippen LogP contribution is 2.43. The third kappa shape index (κ3) is 1.67. The number of piperidine rings is 1. The highest BCUT2D eigenvalue weighted by molar-refractivity contribution is 8.01. The minimum Gasteiger partial charge on any atom is -0.352 e. The maximum absolute atomic E-state index is 12.2. The predicted molar refractivity (Wildman–Crippen MR) is 71.6 cm³/mol. The molecule has 2 heterocycles. The number of amides is 1. The largest absolute Gasteiger partial charge is 0.352 e. The van der Waals surface area contributed by atoms with Crippen LogP contribution in [0.1, 0.15) is 5.56 Å². The Bertz CT molecular complexity index is 469. The summed E-state index contributed by atoms with van der Waals surface area (Å²) >= 11 is 1.71. The fraction of sp³-hybridized carbons (Fsp3) is 0.500. The van der Waals surface area contributed by atoms with Gasteiger partial charge in [-0.1, -0.05) is 18.2 Å². The minimum absolute atomic E-state index is 0.0803. The summed E-state index contributed by atoms with van der Waals surface area (Å²) in [6.07, 6.45) is 0.882. The first-order valence-electron chi connectivity index (χ1n) is 6.58. The lowest BCUT2D eigenvalue weighted by molar-refractivity contribution is -0.120. The van der Waals surface area contributed by atoms with E-state index in [2.05, 4.69) is 28.8 Å². The van der Waals surface area contributed by atoms with Crippen molar-refractivity contribution >= 4 is 17.7 Å². The molecule has 2 N–H and O–H groups in total. The molecule has 94 valence electrons. The van der Waals surface area contributed by atoms with Crippen molar-refractivity contribution in [2.75, 3.05) is 13.1 Å². The van der Waals surface area contributed by atoms with Crippen molar-refractivity contribution in [3.05, 3.63) is 29.8 Å². The predicted octanol–water partition coefficient (Wildman–Crippen LogP) is 1.04. The zero-order chi connectivity index (χ0) is 12.1. The van der Waals surface area contributed by atoms with Gasteiger partial charge in [0.2, 0.25) is 5.91 Å². The van der Waals surface area contributed by atoms with Gasteiger partial charge in [0, 0.05) is 24.0 Å². The number of rotatable bonds is 2. The molecule has 1 amide bonds. The van der Waals surface area contributed by atoms with Crippen LogP contribution in [-0.4, -0.2) is 30.3 Å². The monoisotopic (exact) mass is 260 g/mol. The zero-order valence-electron chi connectivity index (χ0n) is 10.1. The molecule has 18 heavy (non-hydrogen) atoms. The first-order valence-corrected chi connectivity index (χ1v) is 7.46. The lowest BCUT2D eigenvalue weighted by Gasteiger charge is -2.11. The molecule has 1 aromatic rings. The van der Waals surface area contributed by atoms with Crippen LogP contribution >= 0.6 is 11.8 Å². The van der Waals surface area contributed by atoms with E-state index in [0.29, 0.717) is 17.9 Å². The van der Waals surface area contributed by atoms with E-state index in [1.165, 1.54) is 10.5 Å². The van der Waals surface area contributed by atoms with Gasteiger partial charge in [-0.3, -0.25) is 4.79 Å². The Labute approximate surface area is 111 Å². The third-order valence-corrected chi connectivity index (χ3v) is 5.66. The number of benzene rings is 1. The molecule has 3 atom stereocenters. The summed E-state index contributed by atoms with van der Waals surface area (Å²) in [6, 6.07) is 8.79. The highest BCUT2D eigenvalue weighted by atomic mass is 32.2. The fourth-order valence-corrected chi connectivity index (χ4v) is 4.42. The van der Waals surface area contributed by atoms with Gasteiger partial charge < -0.3 is 10.6 Å². The molecule has 1 aromatic carbocycles. The van der Waals surface area contributed by atoms with Gasteiger partial charge in [0.1, 0.15) is 0 Å². The van der Waals surface area contributed by atoms with Crippen molar-refractivity contribution < 1.29 is 4.79 Å². The maximum atomic E-state index is 12.2. The van der Waals surface area contributed by atoms with Crippen molar-refractivity contribution in [3.8, 4) is 0 Å². The molecular formula is C14H16N2OS. The third-order valence-electron chi connectivity index (χ3n) is 4.34. The second-order valence-electron chi connectivity index (χ2n) is 5.44. The molecule has 3 aliphatic rings. The number of fused-ring (bicyclic) bond motifs is 2. The first-order chi connectivity index (χ1) is 8.83. The van der Waals surface area contributed by atoms with E-state index < -0.39 is 0 Å². The molecule has 1 aliphatic carbocycles. The second kappa shape index (κ2) is 4.00. The summed E-state index contributed by atoms with van der Waals surface area (Å²) < 4.78 is 0. The Morgan fingerprint density at radius 2 is 2.06 bits per heavy atom. The number of carbonyl (C=O) groups is 1. The topological polar surface area (TPSA) is 41.1 Å². The molecule has 4 heteroatoms. The Morgan fingerprint density at radius 3 is 2.83 bits per heavy atom. The lowest BCUT2D eigenvalue weighted by atomic mass is 10.1. The molecule has 0 spiro atoms. The van der Waals surface area contributed by atoms with E-state index in [4.69, 9.17) is 0 Å². The van der Waals surface area contributed by atoms with Gasteiger partial charge >= 0.3 is 0 Å². The van der Waals surface area contributed by atoms with E-state index in [1.807, 2.05) is 6.07 Å². The van der Waals surface area contributed by atoms with E-state index in [9.17, 15) is 4.79 Å². The summed E-state index contributed by atoms with van der Waals surface area (Å²) in [5.74, 6) is 1.63. The van der Waals surface area contributed by atoms with Crippen molar-refractivity contribution in [2.24, 2.45) is 11.8 Å². The van der Waals surface area contributed by atoms with Gasteiger partial charge in [0.25, 0.3) is 0 Å². The summed E-state index contributed by atoms with van der Waals surface area (Å²) in [6.45, 7) is 2.15. The number of hydrogen-bond donors (Lipinski definition) is 2. The van der Waals surface area contributed by atoms with Gasteiger partial charge in [0.05, 0.1) is 5.25 Å². The SMILES string of the molecule is O=C(NC1C2CNCC21)C1Cc2ccccc2S1. The smallest absolute Gasteiger partial charge is 0.234 e. The molecule has 1 saturated heterocycles. The van der Waals surface area contributed by atoms with Crippen LogP contribution in [0.5, 0.6) is 0 Å². The van der Waals surface area contributed by atoms with E-state index in [1.54, 1.807) is 11.8 Å². The summed E-state index contributed by atoms with van der Waals surface area (Å²) in [4.78, 5) is 13.5. The molecule has 0 bridgehead atoms. The standard InChI is InChI=1S/C14H16N2OS/c17-14(16-13-9-6-15-7-10(9)13)12-5-8-3-1-2-4-11(8)18-12/h1-4,9-10,12-13,15H,5-7H2,(H,16,17). The van der Waals surface area contributed by atoms with Crippen molar-refractivity contribution in [2.45, 2.75) is 22.6 Å². The van der Waals surface area contributed by atoms with Crippen LogP contribution in [0.4, 0.5) is 0 Å². The van der Waals surface area contributed by atoms with Crippen LogP contribution in [0.2, 0.25) is 0 Å². The van der Waals surface area contributed by atoms with Crippen LogP contribution in [-0.2, 0) is 11.2 Å².